The number of fused-ring (bicyclic) bond motifs is 1. The molecule has 4 aromatic rings. The van der Waals surface area contributed by atoms with Crippen LogP contribution in [0.5, 0.6) is 0 Å². The van der Waals surface area contributed by atoms with Gasteiger partial charge in [-0.05, 0) is 30.7 Å². The highest BCUT2D eigenvalue weighted by molar-refractivity contribution is 7.19. The Labute approximate surface area is 226 Å². The van der Waals surface area contributed by atoms with Crippen LogP contribution in [0.2, 0.25) is 0 Å². The molecular weight excluding hydrogens is 527 g/mol. The summed E-state index contributed by atoms with van der Waals surface area (Å²) in [6.45, 7) is 4.46. The number of thiophene rings is 1. The number of oxime groups is 1. The zero-order valence-corrected chi connectivity index (χ0v) is 21.9. The fourth-order valence-corrected chi connectivity index (χ4v) is 5.30. The summed E-state index contributed by atoms with van der Waals surface area (Å²) in [5.74, 6) is 0.141. The second kappa shape index (κ2) is 11.2. The Morgan fingerprint density at radius 1 is 1.21 bits per heavy atom. The lowest BCUT2D eigenvalue weighted by molar-refractivity contribution is 0.0705. The average Bonchev–Trinajstić information content (AvgIpc) is 3.38. The zero-order valence-electron chi connectivity index (χ0n) is 21.1. The number of nitrogens with zero attached hydrogens (tertiary/aromatic N) is 7. The third-order valence-corrected chi connectivity index (χ3v) is 7.33. The van der Waals surface area contributed by atoms with E-state index in [1.165, 1.54) is 29.8 Å². The van der Waals surface area contributed by atoms with Crippen LogP contribution in [0.15, 0.2) is 41.8 Å². The van der Waals surface area contributed by atoms with Crippen molar-refractivity contribution >= 4 is 44.9 Å². The van der Waals surface area contributed by atoms with Crippen molar-refractivity contribution in [2.75, 3.05) is 43.2 Å². The summed E-state index contributed by atoms with van der Waals surface area (Å²) >= 11 is 1.52. The van der Waals surface area contributed by atoms with Crippen molar-refractivity contribution in [3.05, 3.63) is 58.5 Å². The zero-order chi connectivity index (χ0) is 27.5. The number of hydrogen-bond donors (Lipinski definition) is 3. The molecule has 0 unspecified atom stereocenters. The number of nitrogens with one attached hydrogen (secondary N) is 1. The maximum Gasteiger partial charge on any atom is 0.277 e. The second-order valence-corrected chi connectivity index (χ2v) is 9.98. The Morgan fingerprint density at radius 3 is 2.64 bits per heavy atom. The first-order chi connectivity index (χ1) is 18.9. The molecular formula is C25H25FN8O4S. The number of anilines is 2. The first kappa shape index (κ1) is 26.3. The van der Waals surface area contributed by atoms with E-state index in [4.69, 9.17) is 19.9 Å². The highest BCUT2D eigenvalue weighted by atomic mass is 32.1. The summed E-state index contributed by atoms with van der Waals surface area (Å²) in [4.78, 5) is 34.3. The molecule has 39 heavy (non-hydrogen) atoms. The summed E-state index contributed by atoms with van der Waals surface area (Å²) < 4.78 is 21.4. The number of carbonyl (C=O) groups excluding carboxylic acids is 1. The largest absolute Gasteiger partial charge is 0.411 e. The number of morpholine rings is 1. The molecule has 5 rings (SSSR count). The number of aromatic nitrogens is 4. The lowest BCUT2D eigenvalue weighted by atomic mass is 10.1. The Bertz CT molecular complexity index is 1540. The van der Waals surface area contributed by atoms with E-state index < -0.39 is 11.7 Å². The fourth-order valence-electron chi connectivity index (χ4n) is 4.14. The number of hydroxylamine groups is 1. The van der Waals surface area contributed by atoms with Crippen LogP contribution in [0.3, 0.4) is 0 Å². The smallest absolute Gasteiger partial charge is 0.277 e. The van der Waals surface area contributed by atoms with Gasteiger partial charge in [-0.1, -0.05) is 11.2 Å². The molecule has 12 nitrogen and oxygen atoms in total. The van der Waals surface area contributed by atoms with E-state index in [-0.39, 0.29) is 17.0 Å². The van der Waals surface area contributed by atoms with Gasteiger partial charge in [0.05, 0.1) is 46.8 Å². The van der Waals surface area contributed by atoms with Crippen molar-refractivity contribution in [3.63, 3.8) is 0 Å². The molecule has 0 saturated carbocycles. The lowest BCUT2D eigenvalue weighted by Crippen LogP contribution is -2.36. The number of rotatable bonds is 7. The molecule has 1 fully saturated rings. The van der Waals surface area contributed by atoms with E-state index in [0.717, 1.165) is 9.58 Å². The van der Waals surface area contributed by atoms with Crippen LogP contribution < -0.4 is 15.3 Å². The Morgan fingerprint density at radius 2 is 1.95 bits per heavy atom. The number of hydrogen-bond acceptors (Lipinski definition) is 12. The van der Waals surface area contributed by atoms with Gasteiger partial charge < -0.3 is 19.7 Å². The van der Waals surface area contributed by atoms with Crippen molar-refractivity contribution in [3.8, 4) is 11.4 Å². The molecule has 202 valence electrons. The van der Waals surface area contributed by atoms with Gasteiger partial charge >= 0.3 is 0 Å². The molecule has 1 aliphatic heterocycles. The molecule has 1 aliphatic rings. The van der Waals surface area contributed by atoms with E-state index in [1.54, 1.807) is 24.5 Å². The summed E-state index contributed by atoms with van der Waals surface area (Å²) in [7, 11) is 1.82. The lowest BCUT2D eigenvalue weighted by Gasteiger charge is -2.28. The number of amides is 1. The number of carbonyl (C=O) groups is 1. The molecule has 1 amide bonds. The quantitative estimate of drug-likeness (QED) is 0.135. The first-order valence-corrected chi connectivity index (χ1v) is 12.8. The van der Waals surface area contributed by atoms with Gasteiger partial charge in [-0.2, -0.15) is 0 Å². The predicted octanol–water partition coefficient (Wildman–Crippen LogP) is 3.08. The maximum atomic E-state index is 15.0. The molecule has 3 N–H and O–H groups in total. The molecule has 0 atom stereocenters. The molecule has 0 spiro atoms. The third kappa shape index (κ3) is 5.48. The molecule has 0 aliphatic carbocycles. The van der Waals surface area contributed by atoms with Crippen LogP contribution >= 0.6 is 11.3 Å². The molecule has 14 heteroatoms. The molecule has 3 aromatic heterocycles. The minimum Gasteiger partial charge on any atom is -0.411 e. The Hall–Kier alpha value is -4.27. The van der Waals surface area contributed by atoms with Gasteiger partial charge in [0.25, 0.3) is 5.91 Å². The molecule has 0 radical (unpaired) electrons. The van der Waals surface area contributed by atoms with Crippen molar-refractivity contribution in [1.82, 2.24) is 25.4 Å². The van der Waals surface area contributed by atoms with Gasteiger partial charge in [0, 0.05) is 37.4 Å². The van der Waals surface area contributed by atoms with Gasteiger partial charge in [0.1, 0.15) is 5.82 Å². The van der Waals surface area contributed by atoms with E-state index in [2.05, 4.69) is 20.0 Å². The standard InChI is InChI=1S/C25H25FN8O4S/c1-14(31-36)15-3-4-19(26)18(9-15)22-29-20-10-17(39-21(20)23(30-22)34-5-7-38-8-6-34)13-33(2)25-27-11-16(12-28-25)24(35)32-37/h3-4,9-12,36-37H,5-8,13H2,1-2H3,(H,32,35). The van der Waals surface area contributed by atoms with Crippen LogP contribution in [0, 0.1) is 5.82 Å². The van der Waals surface area contributed by atoms with Gasteiger partial charge in [-0.25, -0.2) is 29.8 Å². The highest BCUT2D eigenvalue weighted by Crippen LogP contribution is 2.36. The van der Waals surface area contributed by atoms with Gasteiger partial charge in [-0.15, -0.1) is 11.3 Å². The monoisotopic (exact) mass is 552 g/mol. The predicted molar refractivity (Wildman–Crippen MR) is 143 cm³/mol. The van der Waals surface area contributed by atoms with E-state index in [9.17, 15) is 14.4 Å². The Balaban J connectivity index is 1.53. The number of ether oxygens (including phenoxy) is 1. The van der Waals surface area contributed by atoms with Gasteiger partial charge in [0.15, 0.2) is 11.6 Å². The summed E-state index contributed by atoms with van der Waals surface area (Å²) in [5, 5.41) is 21.2. The molecule has 0 bridgehead atoms. The average molecular weight is 553 g/mol. The van der Waals surface area contributed by atoms with Crippen LogP contribution in [0.1, 0.15) is 27.7 Å². The van der Waals surface area contributed by atoms with Crippen LogP contribution in [0.4, 0.5) is 16.2 Å². The normalized spacial score (nSPS) is 14.1. The van der Waals surface area contributed by atoms with E-state index in [0.29, 0.717) is 61.4 Å². The molecule has 1 saturated heterocycles. The minimum absolute atomic E-state index is 0.131. The SMILES string of the molecule is CC(=NO)c1ccc(F)c(-c2nc(N3CCOCC3)c3sc(CN(C)c4ncc(C(=O)NO)cn4)cc3n2)c1. The second-order valence-electron chi connectivity index (χ2n) is 8.85. The van der Waals surface area contributed by atoms with Crippen molar-refractivity contribution in [2.24, 2.45) is 5.16 Å². The van der Waals surface area contributed by atoms with Crippen molar-refractivity contribution in [2.45, 2.75) is 13.5 Å². The fraction of sp³-hybridized carbons (Fsp3) is 0.280. The maximum absolute atomic E-state index is 15.0. The first-order valence-electron chi connectivity index (χ1n) is 12.0. The van der Waals surface area contributed by atoms with Crippen molar-refractivity contribution in [1.29, 1.82) is 0 Å². The number of halogens is 1. The third-order valence-electron chi connectivity index (χ3n) is 6.23. The van der Waals surface area contributed by atoms with E-state index >= 15 is 0 Å². The number of benzene rings is 1. The van der Waals surface area contributed by atoms with Crippen LogP contribution in [-0.4, -0.2) is 75.3 Å². The molecule has 4 heterocycles. The Kier molecular flexibility index (Phi) is 7.58. The van der Waals surface area contributed by atoms with Gasteiger partial charge in [0.2, 0.25) is 5.95 Å². The highest BCUT2D eigenvalue weighted by Gasteiger charge is 2.22. The summed E-state index contributed by atoms with van der Waals surface area (Å²) in [6, 6.07) is 6.36. The van der Waals surface area contributed by atoms with Gasteiger partial charge in [-0.3, -0.25) is 10.0 Å². The van der Waals surface area contributed by atoms with Crippen molar-refractivity contribution < 1.29 is 24.3 Å². The summed E-state index contributed by atoms with van der Waals surface area (Å²) in [5.41, 5.74) is 3.46. The topological polar surface area (TPSA) is 149 Å². The molecule has 1 aromatic carbocycles. The van der Waals surface area contributed by atoms with E-state index in [1.807, 2.05) is 18.0 Å². The van der Waals surface area contributed by atoms with Crippen LogP contribution in [-0.2, 0) is 11.3 Å². The summed E-state index contributed by atoms with van der Waals surface area (Å²) in [6.07, 6.45) is 2.66. The van der Waals surface area contributed by atoms with Crippen LogP contribution in [0.25, 0.3) is 21.6 Å². The minimum atomic E-state index is -0.695.